The molecule has 7 nitrogen and oxygen atoms in total. The fraction of sp³-hybridized carbons (Fsp3) is 0.640. The van der Waals surface area contributed by atoms with Crippen molar-refractivity contribution in [3.63, 3.8) is 0 Å². The van der Waals surface area contributed by atoms with E-state index in [0.29, 0.717) is 30.7 Å². The molecule has 2 amide bonds. The fourth-order valence-corrected chi connectivity index (χ4v) is 4.44. The highest BCUT2D eigenvalue weighted by Gasteiger charge is 2.33. The highest BCUT2D eigenvalue weighted by Crippen LogP contribution is 2.27. The number of aromatic carboxylic acids is 1. The topological polar surface area (TPSA) is 105 Å². The molecule has 0 aliphatic heterocycles. The van der Waals surface area contributed by atoms with Gasteiger partial charge in [0.1, 0.15) is 11.7 Å². The smallest absolute Gasteiger partial charge is 0.336 e. The summed E-state index contributed by atoms with van der Waals surface area (Å²) < 4.78 is 5.14. The minimum Gasteiger partial charge on any atom is -0.497 e. The van der Waals surface area contributed by atoms with Crippen LogP contribution in [-0.4, -0.2) is 43.1 Å². The van der Waals surface area contributed by atoms with E-state index >= 15 is 0 Å². The number of ether oxygens (including phenoxy) is 1. The molecule has 1 fully saturated rings. The van der Waals surface area contributed by atoms with Crippen LogP contribution in [0.2, 0.25) is 0 Å². The largest absolute Gasteiger partial charge is 0.497 e. The number of benzene rings is 1. The van der Waals surface area contributed by atoms with Gasteiger partial charge in [-0.2, -0.15) is 0 Å². The van der Waals surface area contributed by atoms with Gasteiger partial charge in [-0.3, -0.25) is 9.59 Å². The van der Waals surface area contributed by atoms with Gasteiger partial charge in [0.2, 0.25) is 11.8 Å². The average molecular weight is 447 g/mol. The molecule has 2 atom stereocenters. The van der Waals surface area contributed by atoms with Crippen molar-refractivity contribution >= 4 is 17.8 Å². The Balaban J connectivity index is 2.26. The van der Waals surface area contributed by atoms with Crippen molar-refractivity contribution in [3.8, 4) is 5.75 Å². The standard InChI is InChI=1S/C25H38N2O5/c1-4-9-17(5-2)15-26-23(28)22(24(29)27-16-18-10-7-6-8-11-18)20-13-12-19(32-3)14-21(20)25(30)31/h12-14,17-18,22H,4-11,15-16H2,1-3H3,(H,26,28)(H,27,29)(H,30,31). The zero-order valence-corrected chi connectivity index (χ0v) is 19.6. The quantitative estimate of drug-likeness (QED) is 0.419. The molecular formula is C25H38N2O5. The maximum absolute atomic E-state index is 13.2. The summed E-state index contributed by atoms with van der Waals surface area (Å²) in [5.41, 5.74) is 0.0819. The first-order chi connectivity index (χ1) is 15.4. The molecule has 2 unspecified atom stereocenters. The van der Waals surface area contributed by atoms with Crippen molar-refractivity contribution in [1.82, 2.24) is 10.6 Å². The Morgan fingerprint density at radius 1 is 1.09 bits per heavy atom. The van der Waals surface area contributed by atoms with Crippen LogP contribution in [0.15, 0.2) is 18.2 Å². The van der Waals surface area contributed by atoms with Gasteiger partial charge in [0.05, 0.1) is 12.7 Å². The maximum atomic E-state index is 13.2. The molecule has 1 aliphatic rings. The van der Waals surface area contributed by atoms with Crippen molar-refractivity contribution in [2.75, 3.05) is 20.2 Å². The first kappa shape index (κ1) is 25.7. The Bertz CT molecular complexity index is 753. The summed E-state index contributed by atoms with van der Waals surface area (Å²) in [6.45, 7) is 5.15. The van der Waals surface area contributed by atoms with Crippen LogP contribution in [0.5, 0.6) is 5.75 Å². The van der Waals surface area contributed by atoms with Gasteiger partial charge in [-0.05, 0) is 48.8 Å². The Morgan fingerprint density at radius 3 is 2.38 bits per heavy atom. The van der Waals surface area contributed by atoms with Gasteiger partial charge in [-0.1, -0.05) is 52.0 Å². The number of carboxylic acid groups (broad SMARTS) is 1. The number of hydrogen-bond acceptors (Lipinski definition) is 4. The highest BCUT2D eigenvalue weighted by atomic mass is 16.5. The molecule has 0 aromatic heterocycles. The lowest BCUT2D eigenvalue weighted by molar-refractivity contribution is -0.131. The third-order valence-electron chi connectivity index (χ3n) is 6.46. The lowest BCUT2D eigenvalue weighted by Crippen LogP contribution is -2.43. The van der Waals surface area contributed by atoms with Crippen molar-refractivity contribution in [2.24, 2.45) is 11.8 Å². The van der Waals surface area contributed by atoms with Crippen LogP contribution in [0, 0.1) is 11.8 Å². The highest BCUT2D eigenvalue weighted by molar-refractivity contribution is 6.08. The lowest BCUT2D eigenvalue weighted by Gasteiger charge is -2.24. The third-order valence-corrected chi connectivity index (χ3v) is 6.46. The predicted molar refractivity (Wildman–Crippen MR) is 124 cm³/mol. The van der Waals surface area contributed by atoms with Gasteiger partial charge in [0.15, 0.2) is 0 Å². The summed E-state index contributed by atoms with van der Waals surface area (Å²) in [5.74, 6) is -2.26. The second kappa shape index (κ2) is 13.1. The summed E-state index contributed by atoms with van der Waals surface area (Å²) in [6, 6.07) is 4.46. The molecule has 0 spiro atoms. The van der Waals surface area contributed by atoms with Crippen LogP contribution >= 0.6 is 0 Å². The average Bonchev–Trinajstić information content (AvgIpc) is 2.81. The van der Waals surface area contributed by atoms with Crippen LogP contribution in [-0.2, 0) is 9.59 Å². The zero-order chi connectivity index (χ0) is 23.5. The van der Waals surface area contributed by atoms with E-state index in [1.807, 2.05) is 0 Å². The van der Waals surface area contributed by atoms with E-state index in [1.54, 1.807) is 6.07 Å². The second-order valence-electron chi connectivity index (χ2n) is 8.75. The lowest BCUT2D eigenvalue weighted by atomic mass is 9.88. The SMILES string of the molecule is CCCC(CC)CNC(=O)C(C(=O)NCC1CCCCC1)c1ccc(OC)cc1C(=O)O. The number of rotatable bonds is 12. The van der Waals surface area contributed by atoms with Gasteiger partial charge < -0.3 is 20.5 Å². The minimum atomic E-state index is -1.23. The van der Waals surface area contributed by atoms with E-state index in [9.17, 15) is 19.5 Å². The van der Waals surface area contributed by atoms with E-state index in [4.69, 9.17) is 4.74 Å². The molecule has 32 heavy (non-hydrogen) atoms. The summed E-state index contributed by atoms with van der Waals surface area (Å²) in [7, 11) is 1.44. The van der Waals surface area contributed by atoms with Crippen molar-refractivity contribution in [3.05, 3.63) is 29.3 Å². The maximum Gasteiger partial charge on any atom is 0.336 e. The Hall–Kier alpha value is -2.57. The normalized spacial score (nSPS) is 16.1. The number of carbonyl (C=O) groups excluding carboxylic acids is 2. The van der Waals surface area contributed by atoms with Gasteiger partial charge in [0, 0.05) is 13.1 Å². The van der Waals surface area contributed by atoms with Gasteiger partial charge in [-0.15, -0.1) is 0 Å². The number of methoxy groups -OCH3 is 1. The summed E-state index contributed by atoms with van der Waals surface area (Å²) >= 11 is 0. The Morgan fingerprint density at radius 2 is 1.78 bits per heavy atom. The molecule has 178 valence electrons. The molecule has 0 heterocycles. The first-order valence-electron chi connectivity index (χ1n) is 11.9. The fourth-order valence-electron chi connectivity index (χ4n) is 4.44. The molecule has 2 rings (SSSR count). The van der Waals surface area contributed by atoms with Crippen LogP contribution in [0.4, 0.5) is 0 Å². The molecule has 1 aliphatic carbocycles. The number of nitrogens with one attached hydrogen (secondary N) is 2. The second-order valence-corrected chi connectivity index (χ2v) is 8.75. The summed E-state index contributed by atoms with van der Waals surface area (Å²) in [4.78, 5) is 38.3. The predicted octanol–water partition coefficient (Wildman–Crippen LogP) is 4.12. The first-order valence-corrected chi connectivity index (χ1v) is 11.9. The van der Waals surface area contributed by atoms with Crippen LogP contribution < -0.4 is 15.4 Å². The zero-order valence-electron chi connectivity index (χ0n) is 19.6. The van der Waals surface area contributed by atoms with Gasteiger partial charge in [-0.25, -0.2) is 4.79 Å². The van der Waals surface area contributed by atoms with Crippen molar-refractivity contribution in [2.45, 2.75) is 71.1 Å². The van der Waals surface area contributed by atoms with Crippen LogP contribution in [0.25, 0.3) is 0 Å². The van der Waals surface area contributed by atoms with Crippen molar-refractivity contribution < 1.29 is 24.2 Å². The number of amides is 2. The Kier molecular flexibility index (Phi) is 10.5. The number of carbonyl (C=O) groups is 3. The van der Waals surface area contributed by atoms with E-state index in [-0.39, 0.29) is 11.1 Å². The monoisotopic (exact) mass is 446 g/mol. The molecule has 0 saturated heterocycles. The Labute approximate surface area is 191 Å². The van der Waals surface area contributed by atoms with Gasteiger partial charge >= 0.3 is 5.97 Å². The van der Waals surface area contributed by atoms with E-state index in [2.05, 4.69) is 24.5 Å². The molecule has 1 aromatic carbocycles. The van der Waals surface area contributed by atoms with Gasteiger partial charge in [0.25, 0.3) is 0 Å². The van der Waals surface area contributed by atoms with E-state index in [0.717, 1.165) is 44.9 Å². The summed E-state index contributed by atoms with van der Waals surface area (Å²) in [5, 5.41) is 15.6. The van der Waals surface area contributed by atoms with Crippen LogP contribution in [0.1, 0.15) is 87.1 Å². The summed E-state index contributed by atoms with van der Waals surface area (Å²) in [6.07, 6.45) is 8.59. The molecule has 3 N–H and O–H groups in total. The van der Waals surface area contributed by atoms with E-state index in [1.165, 1.54) is 25.7 Å². The molecule has 1 saturated carbocycles. The van der Waals surface area contributed by atoms with Crippen molar-refractivity contribution in [1.29, 1.82) is 0 Å². The minimum absolute atomic E-state index is 0.0992. The number of hydrogen-bond donors (Lipinski definition) is 3. The molecule has 1 aromatic rings. The third kappa shape index (κ3) is 7.24. The molecule has 0 bridgehead atoms. The van der Waals surface area contributed by atoms with E-state index < -0.39 is 23.7 Å². The number of carboxylic acids is 1. The molecule has 7 heteroatoms. The van der Waals surface area contributed by atoms with Crippen LogP contribution in [0.3, 0.4) is 0 Å². The molecule has 0 radical (unpaired) electrons. The molecular weight excluding hydrogens is 408 g/mol.